The van der Waals surface area contributed by atoms with Crippen molar-refractivity contribution in [3.63, 3.8) is 0 Å². The Morgan fingerprint density at radius 2 is 1.83 bits per heavy atom. The maximum absolute atomic E-state index is 12.4. The average Bonchev–Trinajstić information content (AvgIpc) is 3.01. The fraction of sp³-hybridized carbons (Fsp3) is 0.125. The highest BCUT2D eigenvalue weighted by molar-refractivity contribution is 6.09. The highest BCUT2D eigenvalue weighted by Gasteiger charge is 2.20. The number of amides is 1. The summed E-state index contributed by atoms with van der Waals surface area (Å²) < 4.78 is 15.4. The quantitative estimate of drug-likeness (QED) is 0.905. The molecule has 0 unspecified atom stereocenters. The smallest absolute Gasteiger partial charge is 0.259 e. The Morgan fingerprint density at radius 1 is 1.13 bits per heavy atom. The van der Waals surface area contributed by atoms with Crippen LogP contribution < -0.4 is 24.6 Å². The van der Waals surface area contributed by atoms with Crippen LogP contribution in [0.3, 0.4) is 0 Å². The van der Waals surface area contributed by atoms with E-state index in [1.807, 2.05) is 0 Å². The van der Waals surface area contributed by atoms with Gasteiger partial charge in [-0.15, -0.1) is 0 Å². The van der Waals surface area contributed by atoms with E-state index in [9.17, 15) is 14.7 Å². The molecule has 7 nitrogen and oxygen atoms in total. The zero-order chi connectivity index (χ0) is 16.4. The molecule has 118 valence electrons. The molecule has 0 aliphatic carbocycles. The molecular weight excluding hydrogens is 302 g/mol. The van der Waals surface area contributed by atoms with E-state index >= 15 is 0 Å². The predicted molar refractivity (Wildman–Crippen MR) is 77.8 cm³/mol. The average molecular weight is 314 g/mol. The Labute approximate surface area is 131 Å². The zero-order valence-electron chi connectivity index (χ0n) is 12.1. The van der Waals surface area contributed by atoms with Crippen LogP contribution in [0.4, 0.5) is 5.69 Å². The molecule has 1 heterocycles. The molecule has 1 aliphatic rings. The second-order valence-electron chi connectivity index (χ2n) is 4.69. The number of benzene rings is 2. The van der Waals surface area contributed by atoms with E-state index in [0.717, 1.165) is 0 Å². The number of carboxylic acid groups (broad SMARTS) is 1. The van der Waals surface area contributed by atoms with Gasteiger partial charge in [-0.1, -0.05) is 12.1 Å². The number of nitrogens with one attached hydrogen (secondary N) is 1. The van der Waals surface area contributed by atoms with Crippen LogP contribution in [0.5, 0.6) is 17.2 Å². The van der Waals surface area contributed by atoms with Gasteiger partial charge in [-0.05, 0) is 18.2 Å². The summed E-state index contributed by atoms with van der Waals surface area (Å²) in [5.41, 5.74) is 0.139. The van der Waals surface area contributed by atoms with Crippen molar-refractivity contribution in [1.29, 1.82) is 0 Å². The van der Waals surface area contributed by atoms with E-state index in [4.69, 9.17) is 14.2 Å². The summed E-state index contributed by atoms with van der Waals surface area (Å²) in [4.78, 5) is 23.7. The van der Waals surface area contributed by atoms with Crippen molar-refractivity contribution in [2.45, 2.75) is 0 Å². The summed E-state index contributed by atoms with van der Waals surface area (Å²) in [5, 5.41) is 13.8. The number of carbonyl (C=O) groups is 2. The summed E-state index contributed by atoms with van der Waals surface area (Å²) in [6, 6.07) is 9.25. The first-order valence-corrected chi connectivity index (χ1v) is 6.69. The third kappa shape index (κ3) is 2.76. The molecule has 0 fully saturated rings. The van der Waals surface area contributed by atoms with Crippen molar-refractivity contribution < 1.29 is 28.9 Å². The van der Waals surface area contributed by atoms with Gasteiger partial charge < -0.3 is 29.4 Å². The molecule has 0 aromatic heterocycles. The third-order valence-electron chi connectivity index (χ3n) is 3.33. The van der Waals surface area contributed by atoms with Crippen molar-refractivity contribution >= 4 is 17.6 Å². The van der Waals surface area contributed by atoms with Gasteiger partial charge in [0.05, 0.1) is 24.3 Å². The normalized spacial score (nSPS) is 11.9. The van der Waals surface area contributed by atoms with Crippen molar-refractivity contribution in [2.24, 2.45) is 0 Å². The highest BCUT2D eigenvalue weighted by atomic mass is 16.7. The van der Waals surface area contributed by atoms with E-state index in [0.29, 0.717) is 17.2 Å². The molecule has 2 aromatic carbocycles. The first kappa shape index (κ1) is 14.7. The number of methoxy groups -OCH3 is 1. The Balaban J connectivity index is 1.96. The predicted octanol–water partition coefficient (Wildman–Crippen LogP) is 1.04. The molecule has 0 atom stereocenters. The topological polar surface area (TPSA) is 96.9 Å². The molecule has 3 rings (SSSR count). The van der Waals surface area contributed by atoms with Gasteiger partial charge in [0.15, 0.2) is 11.5 Å². The van der Waals surface area contributed by atoms with E-state index < -0.39 is 11.9 Å². The summed E-state index contributed by atoms with van der Waals surface area (Å²) in [5.74, 6) is -0.923. The minimum Gasteiger partial charge on any atom is -0.545 e. The van der Waals surface area contributed by atoms with Crippen LogP contribution in [0.25, 0.3) is 0 Å². The molecule has 7 heteroatoms. The molecule has 0 spiro atoms. The molecule has 0 bridgehead atoms. The van der Waals surface area contributed by atoms with Crippen molar-refractivity contribution in [1.82, 2.24) is 0 Å². The molecule has 23 heavy (non-hydrogen) atoms. The molecule has 1 N–H and O–H groups in total. The summed E-state index contributed by atoms with van der Waals surface area (Å²) in [6.07, 6.45) is 0. The number of aromatic carboxylic acids is 1. The molecule has 1 amide bonds. The number of carboxylic acids is 1. The maximum atomic E-state index is 12.4. The van der Waals surface area contributed by atoms with Crippen LogP contribution in [0.15, 0.2) is 36.4 Å². The number of carbonyl (C=O) groups excluding carboxylic acids is 2. The lowest BCUT2D eigenvalue weighted by molar-refractivity contribution is -0.254. The molecule has 0 saturated heterocycles. The lowest BCUT2D eigenvalue weighted by atomic mass is 10.1. The van der Waals surface area contributed by atoms with E-state index in [2.05, 4.69) is 5.32 Å². The second-order valence-corrected chi connectivity index (χ2v) is 4.69. The Kier molecular flexibility index (Phi) is 3.76. The molecule has 2 aromatic rings. The van der Waals surface area contributed by atoms with Crippen LogP contribution in [0, 0.1) is 0 Å². The minimum atomic E-state index is -1.43. The van der Waals surface area contributed by atoms with Crippen molar-refractivity contribution in [3.05, 3.63) is 47.5 Å². The standard InChI is InChI=1S/C16H13NO6/c1-21-12-5-3-2-4-9(12)15(18)17-11-7-14-13(22-8-23-14)6-10(11)16(19)20/h2-7H,8H2,1H3,(H,17,18)(H,19,20)/p-1. The van der Waals surface area contributed by atoms with Gasteiger partial charge in [-0.25, -0.2) is 0 Å². The fourth-order valence-electron chi connectivity index (χ4n) is 2.24. The highest BCUT2D eigenvalue weighted by Crippen LogP contribution is 2.37. The van der Waals surface area contributed by atoms with E-state index in [-0.39, 0.29) is 23.6 Å². The summed E-state index contributed by atoms with van der Waals surface area (Å²) in [6.45, 7) is -0.00821. The van der Waals surface area contributed by atoms with Crippen molar-refractivity contribution in [3.8, 4) is 17.2 Å². The Hall–Kier alpha value is -3.22. The summed E-state index contributed by atoms with van der Waals surface area (Å²) >= 11 is 0. The molecule has 1 aliphatic heterocycles. The number of fused-ring (bicyclic) bond motifs is 1. The Bertz CT molecular complexity index is 786. The number of ether oxygens (including phenoxy) is 3. The monoisotopic (exact) mass is 314 g/mol. The zero-order valence-corrected chi connectivity index (χ0v) is 12.1. The van der Waals surface area contributed by atoms with E-state index in [1.54, 1.807) is 24.3 Å². The van der Waals surface area contributed by atoms with Gasteiger partial charge >= 0.3 is 0 Å². The third-order valence-corrected chi connectivity index (χ3v) is 3.33. The van der Waals surface area contributed by atoms with Crippen LogP contribution in [0.1, 0.15) is 20.7 Å². The van der Waals surface area contributed by atoms with Crippen molar-refractivity contribution in [2.75, 3.05) is 19.2 Å². The van der Waals surface area contributed by atoms with Crippen LogP contribution >= 0.6 is 0 Å². The molecule has 0 radical (unpaired) electrons. The SMILES string of the molecule is COc1ccccc1C(=O)Nc1cc2c(cc1C(=O)[O-])OCO2. The second kappa shape index (κ2) is 5.88. The largest absolute Gasteiger partial charge is 0.545 e. The van der Waals surface area contributed by atoms with Gasteiger partial charge in [0.25, 0.3) is 5.91 Å². The lowest BCUT2D eigenvalue weighted by Gasteiger charge is -2.14. The summed E-state index contributed by atoms with van der Waals surface area (Å²) in [7, 11) is 1.44. The van der Waals surface area contributed by atoms with Gasteiger partial charge in [0, 0.05) is 11.6 Å². The van der Waals surface area contributed by atoms with Gasteiger partial charge in [-0.3, -0.25) is 4.79 Å². The number of para-hydroxylation sites is 1. The fourth-order valence-corrected chi connectivity index (χ4v) is 2.24. The number of anilines is 1. The molecule has 0 saturated carbocycles. The number of hydrogen-bond acceptors (Lipinski definition) is 6. The van der Waals surface area contributed by atoms with E-state index in [1.165, 1.54) is 19.2 Å². The maximum Gasteiger partial charge on any atom is 0.259 e. The van der Waals surface area contributed by atoms with Gasteiger partial charge in [0.2, 0.25) is 6.79 Å². The lowest BCUT2D eigenvalue weighted by Crippen LogP contribution is -2.25. The van der Waals surface area contributed by atoms with Gasteiger partial charge in [-0.2, -0.15) is 0 Å². The first-order valence-electron chi connectivity index (χ1n) is 6.69. The minimum absolute atomic E-state index is 0.00821. The molecular formula is C16H12NO6-. The van der Waals surface area contributed by atoms with Crippen LogP contribution in [-0.2, 0) is 0 Å². The van der Waals surface area contributed by atoms with Crippen LogP contribution in [-0.4, -0.2) is 25.8 Å². The van der Waals surface area contributed by atoms with Gasteiger partial charge in [0.1, 0.15) is 5.75 Å². The number of rotatable bonds is 4. The first-order chi connectivity index (χ1) is 11.1. The van der Waals surface area contributed by atoms with Crippen LogP contribution in [0.2, 0.25) is 0 Å². The number of hydrogen-bond donors (Lipinski definition) is 1. The Morgan fingerprint density at radius 3 is 2.52 bits per heavy atom.